The molecule has 1 aliphatic heterocycles. The van der Waals surface area contributed by atoms with Crippen LogP contribution in [-0.2, 0) is 16.1 Å². The minimum Gasteiger partial charge on any atom is -0.355 e. The summed E-state index contributed by atoms with van der Waals surface area (Å²) in [5, 5.41) is 8.85. The Hall–Kier alpha value is -1.92. The van der Waals surface area contributed by atoms with E-state index in [2.05, 4.69) is 20.8 Å². The van der Waals surface area contributed by atoms with Gasteiger partial charge in [0.05, 0.1) is 12.5 Å². The first-order valence-corrected chi connectivity index (χ1v) is 4.99. The highest BCUT2D eigenvalue weighted by Crippen LogP contribution is 2.08. The maximum atomic E-state index is 11.6. The Bertz CT molecular complexity index is 415. The van der Waals surface area contributed by atoms with E-state index >= 15 is 0 Å². The summed E-state index contributed by atoms with van der Waals surface area (Å²) in [5.41, 5.74) is 0. The fraction of sp³-hybridized carbons (Fsp3) is 0.556. The second kappa shape index (κ2) is 4.30. The van der Waals surface area contributed by atoms with Crippen molar-refractivity contribution in [3.8, 4) is 0 Å². The van der Waals surface area contributed by atoms with Crippen LogP contribution < -0.4 is 10.6 Å². The molecule has 0 bridgehead atoms. The molecule has 2 amide bonds. The summed E-state index contributed by atoms with van der Waals surface area (Å²) in [6.07, 6.45) is 0.245. The van der Waals surface area contributed by atoms with Gasteiger partial charge in [0.1, 0.15) is 0 Å². The van der Waals surface area contributed by atoms with Crippen LogP contribution in [-0.4, -0.2) is 28.5 Å². The molecule has 16 heavy (non-hydrogen) atoms. The molecule has 2 heterocycles. The number of amides is 2. The first-order valence-electron chi connectivity index (χ1n) is 4.99. The lowest BCUT2D eigenvalue weighted by Crippen LogP contribution is -2.31. The molecule has 1 aliphatic rings. The normalized spacial score (nSPS) is 19.6. The standard InChI is InChI=1S/C9H12N4O3/c1-5-12-8(16-13-5)4-11-9(15)6-2-7(14)10-3-6/h6H,2-4H2,1H3,(H,10,14)(H,11,15). The van der Waals surface area contributed by atoms with E-state index in [9.17, 15) is 9.59 Å². The summed E-state index contributed by atoms with van der Waals surface area (Å²) in [6, 6.07) is 0. The number of rotatable bonds is 3. The zero-order valence-corrected chi connectivity index (χ0v) is 8.82. The average Bonchev–Trinajstić information content (AvgIpc) is 2.84. The van der Waals surface area contributed by atoms with E-state index in [1.165, 1.54) is 0 Å². The van der Waals surface area contributed by atoms with Crippen LogP contribution in [0.5, 0.6) is 0 Å². The number of carbonyl (C=O) groups is 2. The first kappa shape index (κ1) is 10.6. The highest BCUT2D eigenvalue weighted by Gasteiger charge is 2.27. The Labute approximate surface area is 91.6 Å². The molecule has 7 nitrogen and oxygen atoms in total. The Morgan fingerprint density at radius 1 is 1.69 bits per heavy atom. The van der Waals surface area contributed by atoms with Gasteiger partial charge in [-0.2, -0.15) is 4.98 Å². The number of aromatic nitrogens is 2. The molecule has 0 saturated carbocycles. The molecule has 1 aromatic heterocycles. The zero-order valence-electron chi connectivity index (χ0n) is 8.82. The quantitative estimate of drug-likeness (QED) is 0.695. The largest absolute Gasteiger partial charge is 0.355 e. The summed E-state index contributed by atoms with van der Waals surface area (Å²) < 4.78 is 4.84. The highest BCUT2D eigenvalue weighted by molar-refractivity contribution is 5.89. The minimum absolute atomic E-state index is 0.0891. The van der Waals surface area contributed by atoms with E-state index in [4.69, 9.17) is 4.52 Å². The molecule has 1 unspecified atom stereocenters. The fourth-order valence-corrected chi connectivity index (χ4v) is 1.51. The summed E-state index contributed by atoms with van der Waals surface area (Å²) in [6.45, 7) is 2.30. The number of hydrogen-bond donors (Lipinski definition) is 2. The third kappa shape index (κ3) is 2.36. The maximum absolute atomic E-state index is 11.6. The molecule has 1 aromatic rings. The highest BCUT2D eigenvalue weighted by atomic mass is 16.5. The molecule has 0 spiro atoms. The van der Waals surface area contributed by atoms with Crippen molar-refractivity contribution in [2.75, 3.05) is 6.54 Å². The molecular formula is C9H12N4O3. The van der Waals surface area contributed by atoms with E-state index in [-0.39, 0.29) is 30.7 Å². The molecule has 1 saturated heterocycles. The third-order valence-electron chi connectivity index (χ3n) is 2.33. The molecule has 0 radical (unpaired) electrons. The monoisotopic (exact) mass is 224 g/mol. The Morgan fingerprint density at radius 2 is 2.50 bits per heavy atom. The molecule has 2 N–H and O–H groups in total. The maximum Gasteiger partial charge on any atom is 0.246 e. The number of nitrogens with zero attached hydrogens (tertiary/aromatic N) is 2. The van der Waals surface area contributed by atoms with E-state index in [0.717, 1.165) is 0 Å². The smallest absolute Gasteiger partial charge is 0.246 e. The van der Waals surface area contributed by atoms with E-state index in [0.29, 0.717) is 18.3 Å². The van der Waals surface area contributed by atoms with Gasteiger partial charge in [0.2, 0.25) is 17.7 Å². The lowest BCUT2D eigenvalue weighted by Gasteiger charge is -2.06. The van der Waals surface area contributed by atoms with Crippen LogP contribution >= 0.6 is 0 Å². The van der Waals surface area contributed by atoms with E-state index < -0.39 is 0 Å². The number of carbonyl (C=O) groups excluding carboxylic acids is 2. The van der Waals surface area contributed by atoms with Crippen molar-refractivity contribution in [3.05, 3.63) is 11.7 Å². The number of nitrogens with one attached hydrogen (secondary N) is 2. The van der Waals surface area contributed by atoms with Crippen molar-refractivity contribution in [1.82, 2.24) is 20.8 Å². The van der Waals surface area contributed by atoms with Gasteiger partial charge in [0.25, 0.3) is 0 Å². The summed E-state index contributed by atoms with van der Waals surface area (Å²) in [7, 11) is 0. The van der Waals surface area contributed by atoms with Gasteiger partial charge in [-0.3, -0.25) is 9.59 Å². The van der Waals surface area contributed by atoms with Crippen molar-refractivity contribution >= 4 is 11.8 Å². The SMILES string of the molecule is Cc1noc(CNC(=O)C2CNC(=O)C2)n1. The molecule has 0 aliphatic carbocycles. The van der Waals surface area contributed by atoms with Gasteiger partial charge in [0.15, 0.2) is 5.82 Å². The van der Waals surface area contributed by atoms with Crippen molar-refractivity contribution < 1.29 is 14.1 Å². The van der Waals surface area contributed by atoms with Gasteiger partial charge < -0.3 is 15.2 Å². The van der Waals surface area contributed by atoms with Crippen molar-refractivity contribution in [3.63, 3.8) is 0 Å². The second-order valence-corrected chi connectivity index (χ2v) is 3.66. The summed E-state index contributed by atoms with van der Waals surface area (Å²) >= 11 is 0. The summed E-state index contributed by atoms with van der Waals surface area (Å²) in [5.74, 6) is 0.338. The molecule has 86 valence electrons. The average molecular weight is 224 g/mol. The van der Waals surface area contributed by atoms with Crippen LogP contribution in [0.4, 0.5) is 0 Å². The van der Waals surface area contributed by atoms with Gasteiger partial charge >= 0.3 is 0 Å². The Kier molecular flexibility index (Phi) is 2.84. The van der Waals surface area contributed by atoms with Gasteiger partial charge in [-0.15, -0.1) is 0 Å². The third-order valence-corrected chi connectivity index (χ3v) is 2.33. The van der Waals surface area contributed by atoms with Crippen LogP contribution in [0.1, 0.15) is 18.1 Å². The number of aryl methyl sites for hydroxylation is 1. The predicted molar refractivity (Wildman–Crippen MR) is 52.0 cm³/mol. The van der Waals surface area contributed by atoms with Crippen LogP contribution in [0.2, 0.25) is 0 Å². The molecule has 2 rings (SSSR count). The molecule has 1 atom stereocenters. The van der Waals surface area contributed by atoms with Gasteiger partial charge in [-0.05, 0) is 6.92 Å². The lowest BCUT2D eigenvalue weighted by molar-refractivity contribution is -0.126. The minimum atomic E-state index is -0.295. The molecule has 7 heteroatoms. The van der Waals surface area contributed by atoms with Gasteiger partial charge in [0, 0.05) is 13.0 Å². The summed E-state index contributed by atoms with van der Waals surface area (Å²) in [4.78, 5) is 26.4. The van der Waals surface area contributed by atoms with E-state index in [1.54, 1.807) is 6.92 Å². The van der Waals surface area contributed by atoms with Crippen molar-refractivity contribution in [2.24, 2.45) is 5.92 Å². The Balaban J connectivity index is 1.82. The Morgan fingerprint density at radius 3 is 3.06 bits per heavy atom. The lowest BCUT2D eigenvalue weighted by atomic mass is 10.1. The molecular weight excluding hydrogens is 212 g/mol. The molecule has 1 fully saturated rings. The van der Waals surface area contributed by atoms with Crippen molar-refractivity contribution in [2.45, 2.75) is 19.9 Å². The number of hydrogen-bond acceptors (Lipinski definition) is 5. The van der Waals surface area contributed by atoms with Crippen LogP contribution in [0.25, 0.3) is 0 Å². The van der Waals surface area contributed by atoms with Crippen LogP contribution in [0, 0.1) is 12.8 Å². The first-order chi connectivity index (χ1) is 7.65. The van der Waals surface area contributed by atoms with E-state index in [1.807, 2.05) is 0 Å². The topological polar surface area (TPSA) is 97.1 Å². The fourth-order valence-electron chi connectivity index (χ4n) is 1.51. The predicted octanol–water partition coefficient (Wildman–Crippen LogP) is -0.870. The van der Waals surface area contributed by atoms with Gasteiger partial charge in [-0.25, -0.2) is 0 Å². The van der Waals surface area contributed by atoms with Gasteiger partial charge in [-0.1, -0.05) is 5.16 Å². The molecule has 0 aromatic carbocycles. The van der Waals surface area contributed by atoms with Crippen LogP contribution in [0.3, 0.4) is 0 Å². The van der Waals surface area contributed by atoms with Crippen LogP contribution in [0.15, 0.2) is 4.52 Å². The second-order valence-electron chi connectivity index (χ2n) is 3.66. The zero-order chi connectivity index (χ0) is 11.5. The van der Waals surface area contributed by atoms with Crippen molar-refractivity contribution in [1.29, 1.82) is 0 Å².